The van der Waals surface area contributed by atoms with E-state index < -0.39 is 0 Å². The monoisotopic (exact) mass is 279 g/mol. The molecule has 2 nitrogen and oxygen atoms in total. The second-order valence-electron chi connectivity index (χ2n) is 5.70. The normalized spacial score (nSPS) is 17.0. The van der Waals surface area contributed by atoms with Crippen LogP contribution in [0.2, 0.25) is 0 Å². The van der Waals surface area contributed by atoms with Gasteiger partial charge in [-0.15, -0.1) is 0 Å². The van der Waals surface area contributed by atoms with Crippen LogP contribution in [0.3, 0.4) is 0 Å². The SMILES string of the molecule is O=C(CCc1ccccc1)N[C@@H]1CCCc2ccccc21. The Balaban J connectivity index is 1.58. The number of amides is 1. The topological polar surface area (TPSA) is 29.1 Å². The number of carbonyl (C=O) groups is 1. The molecule has 1 N–H and O–H groups in total. The molecule has 3 rings (SSSR count). The molecule has 2 heteroatoms. The minimum absolute atomic E-state index is 0.153. The lowest BCUT2D eigenvalue weighted by atomic mass is 9.87. The molecule has 0 saturated heterocycles. The summed E-state index contributed by atoms with van der Waals surface area (Å²) in [7, 11) is 0. The molecule has 2 aromatic rings. The maximum absolute atomic E-state index is 12.2. The maximum Gasteiger partial charge on any atom is 0.220 e. The molecule has 0 unspecified atom stereocenters. The first-order valence-corrected chi connectivity index (χ1v) is 7.74. The van der Waals surface area contributed by atoms with Gasteiger partial charge in [0.05, 0.1) is 6.04 Å². The molecular weight excluding hydrogens is 258 g/mol. The predicted molar refractivity (Wildman–Crippen MR) is 85.0 cm³/mol. The fourth-order valence-corrected chi connectivity index (χ4v) is 3.07. The number of fused-ring (bicyclic) bond motifs is 1. The highest BCUT2D eigenvalue weighted by atomic mass is 16.1. The summed E-state index contributed by atoms with van der Waals surface area (Å²) in [4.78, 5) is 12.2. The van der Waals surface area contributed by atoms with Gasteiger partial charge in [-0.05, 0) is 42.4 Å². The van der Waals surface area contributed by atoms with Gasteiger partial charge in [0.1, 0.15) is 0 Å². The molecule has 0 aliphatic heterocycles. The molecule has 1 aliphatic rings. The largest absolute Gasteiger partial charge is 0.349 e. The first kappa shape index (κ1) is 13.9. The average Bonchev–Trinajstić information content (AvgIpc) is 2.54. The minimum Gasteiger partial charge on any atom is -0.349 e. The highest BCUT2D eigenvalue weighted by molar-refractivity contribution is 5.76. The quantitative estimate of drug-likeness (QED) is 0.906. The Morgan fingerprint density at radius 2 is 1.81 bits per heavy atom. The molecule has 0 saturated carbocycles. The van der Waals surface area contributed by atoms with E-state index in [0.29, 0.717) is 6.42 Å². The van der Waals surface area contributed by atoms with Gasteiger partial charge in [-0.25, -0.2) is 0 Å². The second kappa shape index (κ2) is 6.57. The van der Waals surface area contributed by atoms with E-state index in [9.17, 15) is 4.79 Å². The number of carbonyl (C=O) groups excluding carboxylic acids is 1. The predicted octanol–water partition coefficient (Wildman–Crippen LogP) is 3.81. The number of aryl methyl sites for hydroxylation is 2. The van der Waals surface area contributed by atoms with E-state index in [2.05, 4.69) is 41.7 Å². The van der Waals surface area contributed by atoms with Crippen LogP contribution in [0.15, 0.2) is 54.6 Å². The highest BCUT2D eigenvalue weighted by Gasteiger charge is 2.20. The molecule has 21 heavy (non-hydrogen) atoms. The van der Waals surface area contributed by atoms with Crippen LogP contribution in [0.25, 0.3) is 0 Å². The number of nitrogens with one attached hydrogen (secondary N) is 1. The zero-order chi connectivity index (χ0) is 14.5. The van der Waals surface area contributed by atoms with Crippen molar-refractivity contribution >= 4 is 5.91 Å². The summed E-state index contributed by atoms with van der Waals surface area (Å²) in [5.41, 5.74) is 3.91. The van der Waals surface area contributed by atoms with E-state index >= 15 is 0 Å². The van der Waals surface area contributed by atoms with Gasteiger partial charge in [0.25, 0.3) is 0 Å². The summed E-state index contributed by atoms with van der Waals surface area (Å²) in [5, 5.41) is 3.21. The zero-order valence-electron chi connectivity index (χ0n) is 12.2. The first-order chi connectivity index (χ1) is 10.3. The van der Waals surface area contributed by atoms with Gasteiger partial charge in [-0.1, -0.05) is 54.6 Å². The van der Waals surface area contributed by atoms with Crippen LogP contribution < -0.4 is 5.32 Å². The van der Waals surface area contributed by atoms with E-state index in [1.807, 2.05) is 18.2 Å². The summed E-state index contributed by atoms with van der Waals surface area (Å²) in [5.74, 6) is 0.153. The van der Waals surface area contributed by atoms with Gasteiger partial charge in [0.15, 0.2) is 0 Å². The van der Waals surface area contributed by atoms with Crippen LogP contribution in [0.5, 0.6) is 0 Å². The molecule has 2 aromatic carbocycles. The minimum atomic E-state index is 0.153. The molecule has 1 amide bonds. The fourth-order valence-electron chi connectivity index (χ4n) is 3.07. The lowest BCUT2D eigenvalue weighted by Crippen LogP contribution is -2.31. The van der Waals surface area contributed by atoms with Crippen molar-refractivity contribution in [2.75, 3.05) is 0 Å². The first-order valence-electron chi connectivity index (χ1n) is 7.74. The van der Waals surface area contributed by atoms with Gasteiger partial charge in [0.2, 0.25) is 5.91 Å². The summed E-state index contributed by atoms with van der Waals surface area (Å²) in [6.45, 7) is 0. The Labute approximate surface area is 126 Å². The molecule has 108 valence electrons. The van der Waals surface area contributed by atoms with E-state index in [4.69, 9.17) is 0 Å². The summed E-state index contributed by atoms with van der Waals surface area (Å²) < 4.78 is 0. The molecule has 0 radical (unpaired) electrons. The standard InChI is InChI=1S/C19H21NO/c21-19(14-13-15-7-2-1-3-8-15)20-18-12-6-10-16-9-4-5-11-17(16)18/h1-5,7-9,11,18H,6,10,12-14H2,(H,20,21)/t18-/m1/s1. The zero-order valence-corrected chi connectivity index (χ0v) is 12.2. The number of hydrogen-bond acceptors (Lipinski definition) is 1. The fraction of sp³-hybridized carbons (Fsp3) is 0.316. The molecule has 0 spiro atoms. The molecule has 0 aromatic heterocycles. The van der Waals surface area contributed by atoms with E-state index in [1.54, 1.807) is 0 Å². The summed E-state index contributed by atoms with van der Waals surface area (Å²) in [6.07, 6.45) is 4.70. The molecule has 0 bridgehead atoms. The van der Waals surface area contributed by atoms with Crippen molar-refractivity contribution in [2.45, 2.75) is 38.1 Å². The molecule has 1 atom stereocenters. The molecule has 0 fully saturated rings. The average molecular weight is 279 g/mol. The molecule has 1 aliphatic carbocycles. The van der Waals surface area contributed by atoms with Crippen LogP contribution in [-0.4, -0.2) is 5.91 Å². The van der Waals surface area contributed by atoms with Crippen molar-refractivity contribution < 1.29 is 4.79 Å². The van der Waals surface area contributed by atoms with Crippen molar-refractivity contribution in [2.24, 2.45) is 0 Å². The van der Waals surface area contributed by atoms with Crippen molar-refractivity contribution in [3.05, 3.63) is 71.3 Å². The lowest BCUT2D eigenvalue weighted by Gasteiger charge is -2.26. The van der Waals surface area contributed by atoms with Gasteiger partial charge in [-0.3, -0.25) is 4.79 Å². The smallest absolute Gasteiger partial charge is 0.220 e. The summed E-state index contributed by atoms with van der Waals surface area (Å²) >= 11 is 0. The Morgan fingerprint density at radius 3 is 2.67 bits per heavy atom. The third-order valence-electron chi connectivity index (χ3n) is 4.19. The lowest BCUT2D eigenvalue weighted by molar-refractivity contribution is -0.121. The Bertz CT molecular complexity index is 606. The van der Waals surface area contributed by atoms with Crippen LogP contribution in [0.1, 0.15) is 42.0 Å². The van der Waals surface area contributed by atoms with Crippen molar-refractivity contribution in [3.8, 4) is 0 Å². The summed E-state index contributed by atoms with van der Waals surface area (Å²) in [6, 6.07) is 18.8. The number of hydrogen-bond donors (Lipinski definition) is 1. The van der Waals surface area contributed by atoms with Gasteiger partial charge < -0.3 is 5.32 Å². The van der Waals surface area contributed by atoms with Crippen LogP contribution in [-0.2, 0) is 17.6 Å². The molecular formula is C19H21NO. The Kier molecular flexibility index (Phi) is 4.34. The van der Waals surface area contributed by atoms with Crippen molar-refractivity contribution in [1.29, 1.82) is 0 Å². The van der Waals surface area contributed by atoms with Crippen molar-refractivity contribution in [3.63, 3.8) is 0 Å². The van der Waals surface area contributed by atoms with Gasteiger partial charge >= 0.3 is 0 Å². The number of rotatable bonds is 4. The highest BCUT2D eigenvalue weighted by Crippen LogP contribution is 2.29. The van der Waals surface area contributed by atoms with Crippen LogP contribution >= 0.6 is 0 Å². The van der Waals surface area contributed by atoms with Gasteiger partial charge in [0, 0.05) is 6.42 Å². The maximum atomic E-state index is 12.2. The second-order valence-corrected chi connectivity index (χ2v) is 5.70. The van der Waals surface area contributed by atoms with E-state index in [-0.39, 0.29) is 11.9 Å². The number of benzene rings is 2. The Hall–Kier alpha value is -2.09. The third kappa shape index (κ3) is 3.52. The third-order valence-corrected chi connectivity index (χ3v) is 4.19. The van der Waals surface area contributed by atoms with Crippen molar-refractivity contribution in [1.82, 2.24) is 5.32 Å². The van der Waals surface area contributed by atoms with Crippen LogP contribution in [0.4, 0.5) is 0 Å². The van der Waals surface area contributed by atoms with E-state index in [1.165, 1.54) is 16.7 Å². The molecule has 0 heterocycles. The van der Waals surface area contributed by atoms with Gasteiger partial charge in [-0.2, -0.15) is 0 Å². The Morgan fingerprint density at radius 1 is 1.05 bits per heavy atom. The van der Waals surface area contributed by atoms with E-state index in [0.717, 1.165) is 25.7 Å². The van der Waals surface area contributed by atoms with Crippen LogP contribution in [0, 0.1) is 0 Å².